The van der Waals surface area contributed by atoms with E-state index in [-0.39, 0.29) is 0 Å². The molecule has 0 rings (SSSR count). The van der Waals surface area contributed by atoms with E-state index in [0.29, 0.717) is 0 Å². The van der Waals surface area contributed by atoms with Crippen molar-refractivity contribution in [3.05, 3.63) is 0 Å². The average Bonchev–Trinajstić information content (AvgIpc) is 3.05. The van der Waals surface area contributed by atoms with Gasteiger partial charge in [-0.2, -0.15) is 0 Å². The summed E-state index contributed by atoms with van der Waals surface area (Å²) in [6.07, 6.45) is 0. The predicted octanol–water partition coefficient (Wildman–Crippen LogP) is -10.0. The monoisotopic (exact) mass is 848 g/mol. The van der Waals surface area contributed by atoms with E-state index in [1.165, 1.54) is 56.4 Å². The van der Waals surface area contributed by atoms with E-state index < -0.39 is 77.8 Å². The number of nitrogens with two attached hydrogens (primary N) is 8. The summed E-state index contributed by atoms with van der Waals surface area (Å²) in [4.78, 5) is 75.8. The van der Waals surface area contributed by atoms with Crippen LogP contribution in [-0.4, -0.2) is 174 Å². The third kappa shape index (κ3) is 1090. The number of primary amides is 8. The minimum Gasteiger partial charge on any atom is -0.398 e. The average molecular weight is 848 g/mol. The van der Waals surface area contributed by atoms with Gasteiger partial charge in [0.2, 0.25) is 0 Å². The molecule has 0 saturated heterocycles. The lowest BCUT2D eigenvalue weighted by Gasteiger charge is -1.80. The number of carbonyl (C=O) groups excluding carboxylic acids is 8. The number of carbonyl (C=O) groups is 8. The van der Waals surface area contributed by atoms with Gasteiger partial charge < -0.3 is 129 Å². The van der Waals surface area contributed by atoms with Crippen molar-refractivity contribution >= 4 is 77.8 Å². The van der Waals surface area contributed by atoms with Gasteiger partial charge in [0, 0.05) is 56.4 Å². The second-order valence-electron chi connectivity index (χ2n) is 6.16. The van der Waals surface area contributed by atoms with Gasteiger partial charge in [-0.15, -0.1) is 0 Å². The smallest absolute Gasteiger partial charge is 0.398 e. The van der Waals surface area contributed by atoms with Crippen LogP contribution in [-0.2, 0) is 0 Å². The van der Waals surface area contributed by atoms with Crippen LogP contribution in [0.5, 0.6) is 0 Å². The van der Waals surface area contributed by atoms with Crippen LogP contribution in [0.25, 0.3) is 0 Å². The van der Waals surface area contributed by atoms with E-state index in [4.69, 9.17) is 40.2 Å². The van der Waals surface area contributed by atoms with Gasteiger partial charge in [-0.3, -0.25) is 17.3 Å². The van der Waals surface area contributed by atoms with Crippen molar-refractivity contribution in [3.8, 4) is 0 Å². The number of rotatable bonds is 0. The Bertz CT molecular complexity index is 702. The van der Waals surface area contributed by atoms with E-state index >= 15 is 0 Å². The van der Waals surface area contributed by atoms with Crippen molar-refractivity contribution in [3.63, 3.8) is 0 Å². The highest BCUT2D eigenvalue weighted by atomic mass is 19.1. The Kier molecular flexibility index (Phi) is 116. The fraction of sp³-hybridized carbons (Fsp3) is 0.500. The molecule has 0 saturated carbocycles. The van der Waals surface area contributed by atoms with E-state index in [2.05, 4.69) is 88.4 Å². The maximum Gasteiger partial charge on any atom is 0.674 e. The first kappa shape index (κ1) is 83.0. The van der Waals surface area contributed by atoms with Gasteiger partial charge in [0.15, 0.2) is 0 Å². The molecule has 336 valence electrons. The lowest BCUT2D eigenvalue weighted by atomic mass is 10.3. The van der Waals surface area contributed by atoms with Gasteiger partial charge in [0.1, 0.15) is 0 Å². The maximum atomic E-state index is 10.1. The highest BCUT2D eigenvalue weighted by Gasteiger charge is 1.98. The first-order chi connectivity index (χ1) is 25.1. The Labute approximate surface area is 318 Å². The van der Waals surface area contributed by atoms with Crippen LogP contribution in [0.1, 0.15) is 0 Å². The minimum atomic E-state index is -2.67. The van der Waals surface area contributed by atoms with Crippen LogP contribution in [0, 0.1) is 0 Å². The molecule has 32 nitrogen and oxygen atoms in total. The number of halogens is 4. The van der Waals surface area contributed by atoms with Gasteiger partial charge in [0.05, 0.1) is 0 Å². The van der Waals surface area contributed by atoms with E-state index in [1.807, 2.05) is 0 Å². The molecule has 0 unspecified atom stereocenters. The van der Waals surface area contributed by atoms with E-state index in [0.717, 1.165) is 0 Å². The molecule has 56 heavy (non-hydrogen) atoms. The normalized spacial score (nSPS) is 6.64. The molecule has 32 N–H and O–H groups in total. The Morgan fingerprint density at radius 3 is 0.304 bits per heavy atom. The lowest BCUT2D eigenvalue weighted by molar-refractivity contribution is 0.250. The Balaban J connectivity index is -0.0000000378. The predicted molar refractivity (Wildman–Crippen MR) is 194 cm³/mol. The molecule has 0 aliphatic heterocycles. The fourth-order valence-corrected chi connectivity index (χ4v) is 0. The highest BCUT2D eigenvalue weighted by molar-refractivity contribution is 6.32. The van der Waals surface area contributed by atoms with Gasteiger partial charge in [0.25, 0.3) is 0 Å². The van der Waals surface area contributed by atoms with Crippen molar-refractivity contribution < 1.29 is 95.8 Å². The number of amides is 16. The van der Waals surface area contributed by atoms with Crippen LogP contribution in [0.2, 0.25) is 0 Å². The Morgan fingerprint density at radius 2 is 0.304 bits per heavy atom. The molecule has 0 atom stereocenters. The number of hydrogen-bond donors (Lipinski definition) is 24. The summed E-state index contributed by atoms with van der Waals surface area (Å²) in [6, 6.07) is -3.96. The van der Waals surface area contributed by atoms with Crippen molar-refractivity contribution in [2.24, 2.45) is 45.9 Å². The van der Waals surface area contributed by atoms with Gasteiger partial charge >= 0.3 is 77.8 Å². The first-order valence-corrected chi connectivity index (χ1v) is 12.9. The van der Waals surface area contributed by atoms with Crippen LogP contribution >= 0.6 is 0 Å². The zero-order valence-electron chi connectivity index (χ0n) is 31.3. The molecular weight excluding hydrogens is 792 g/mol. The molecule has 16 amide bonds. The first-order valence-electron chi connectivity index (χ1n) is 12.9. The van der Waals surface area contributed by atoms with Gasteiger partial charge in [-0.1, -0.05) is 0 Å². The third-order valence-electron chi connectivity index (χ3n) is 1.97. The highest BCUT2D eigenvalue weighted by Crippen LogP contribution is 1.58. The standard InChI is InChI=1S/8C2H6N2O.4BFH2O2/c8*1-4-2(3)5;4*2-1(3)4/h8*1H3,(H3,3,4,5);4*3-4H. The molecule has 0 aliphatic carbocycles. The zero-order chi connectivity index (χ0) is 48.6. The van der Waals surface area contributed by atoms with E-state index in [1.54, 1.807) is 0 Å². The second-order valence-corrected chi connectivity index (χ2v) is 6.16. The van der Waals surface area contributed by atoms with Gasteiger partial charge in [-0.25, -0.2) is 38.4 Å². The molecule has 0 bridgehead atoms. The van der Waals surface area contributed by atoms with Crippen molar-refractivity contribution in [2.45, 2.75) is 0 Å². The van der Waals surface area contributed by atoms with Crippen molar-refractivity contribution in [1.82, 2.24) is 42.5 Å². The molecule has 0 aromatic carbocycles. The molecule has 0 radical (unpaired) electrons. The number of nitrogens with one attached hydrogen (secondary N) is 8. The molecule has 0 aliphatic rings. The molecular formula is C16H56B4F4N16O16. The SMILES string of the molecule is CNC(N)=O.CNC(N)=O.CNC(N)=O.CNC(N)=O.CNC(N)=O.CNC(N)=O.CNC(N)=O.CNC(N)=O.OB(O)F.OB(O)F.OB(O)F.OB(O)F. The fourth-order valence-electron chi connectivity index (χ4n) is 0. The zero-order valence-corrected chi connectivity index (χ0v) is 31.3. The van der Waals surface area contributed by atoms with Crippen LogP contribution in [0.4, 0.5) is 55.6 Å². The van der Waals surface area contributed by atoms with Crippen molar-refractivity contribution in [1.29, 1.82) is 0 Å². The quantitative estimate of drug-likeness (QED) is 0.0795. The lowest BCUT2D eigenvalue weighted by Crippen LogP contribution is -2.24. The van der Waals surface area contributed by atoms with Crippen molar-refractivity contribution in [2.75, 3.05) is 56.4 Å². The molecule has 0 aromatic rings. The second kappa shape index (κ2) is 78.0. The summed E-state index contributed by atoms with van der Waals surface area (Å²) in [5, 5.41) is 72.9. The largest absolute Gasteiger partial charge is 0.674 e. The number of hydrogen-bond acceptors (Lipinski definition) is 16. The van der Waals surface area contributed by atoms with Crippen LogP contribution in [0.3, 0.4) is 0 Å². The van der Waals surface area contributed by atoms with Gasteiger partial charge in [-0.05, 0) is 0 Å². The molecule has 0 fully saturated rings. The molecule has 0 heterocycles. The summed E-state index contributed by atoms with van der Waals surface area (Å²) < 4.78 is 40.4. The topological polar surface area (TPSA) is 603 Å². The summed E-state index contributed by atoms with van der Waals surface area (Å²) in [6.45, 7) is 0. The van der Waals surface area contributed by atoms with Crippen LogP contribution < -0.4 is 88.4 Å². The third-order valence-corrected chi connectivity index (χ3v) is 1.97. The molecule has 40 heteroatoms. The summed E-state index contributed by atoms with van der Waals surface area (Å²) in [5.74, 6) is 0. The maximum absolute atomic E-state index is 10.1. The van der Waals surface area contributed by atoms with E-state index in [9.17, 15) is 55.6 Å². The summed E-state index contributed by atoms with van der Waals surface area (Å²) in [5.41, 5.74) is 36.3. The summed E-state index contributed by atoms with van der Waals surface area (Å²) in [7, 11) is 1.13. The molecule has 0 spiro atoms. The summed E-state index contributed by atoms with van der Waals surface area (Å²) >= 11 is 0. The minimum absolute atomic E-state index is 0.495. The molecule has 0 aromatic heterocycles. The Morgan fingerprint density at radius 1 is 0.286 bits per heavy atom. The van der Waals surface area contributed by atoms with Crippen LogP contribution in [0.15, 0.2) is 0 Å². The Hall–Kier alpha value is -6.18. The number of urea groups is 8.